The van der Waals surface area contributed by atoms with Crippen LogP contribution in [0.2, 0.25) is 0 Å². The van der Waals surface area contributed by atoms with Crippen molar-refractivity contribution in [2.75, 3.05) is 13.7 Å². The Bertz CT molecular complexity index is 884. The van der Waals surface area contributed by atoms with E-state index in [1.807, 2.05) is 0 Å². The average molecular weight is 492 g/mol. The highest BCUT2D eigenvalue weighted by molar-refractivity contribution is 7.64. The molecule has 2 rings (SSSR count). The Balaban J connectivity index is 2.04. The van der Waals surface area contributed by atoms with Crippen molar-refractivity contribution in [2.45, 2.75) is 24.4 Å². The van der Waals surface area contributed by atoms with E-state index in [0.717, 1.165) is 4.90 Å². The monoisotopic (exact) mass is 492 g/mol. The maximum absolute atomic E-state index is 11.5. The SMILES string of the molecule is C=C1NC(=O)N(C)C=C1[C@@H]1O[C@H](COP(=O)([O-])OP(=O)([O-])OP(=O)([O-])[O-])[C@H](O)C1O. The molecule has 3 N–H and O–H groups in total. The largest absolute Gasteiger partial charge is 0.790 e. The molecule has 0 radical (unpaired) electrons. The summed E-state index contributed by atoms with van der Waals surface area (Å²) < 4.78 is 48.9. The number of carbonyl (C=O) groups is 1. The van der Waals surface area contributed by atoms with Crippen molar-refractivity contribution in [3.8, 4) is 0 Å². The molecule has 30 heavy (non-hydrogen) atoms. The van der Waals surface area contributed by atoms with Gasteiger partial charge >= 0.3 is 6.03 Å². The van der Waals surface area contributed by atoms with Gasteiger partial charge in [-0.15, -0.1) is 0 Å². The number of hydrogen-bond acceptors (Lipinski definition) is 14. The van der Waals surface area contributed by atoms with Crippen LogP contribution in [0.25, 0.3) is 0 Å². The maximum Gasteiger partial charge on any atom is 0.325 e. The number of phosphoric acid groups is 3. The number of hydrogen-bond donors (Lipinski definition) is 3. The summed E-state index contributed by atoms with van der Waals surface area (Å²) in [6, 6.07) is -0.536. The molecular weight excluding hydrogens is 477 g/mol. The molecule has 2 amide bonds. The van der Waals surface area contributed by atoms with Gasteiger partial charge in [-0.2, -0.15) is 0 Å². The zero-order chi connectivity index (χ0) is 23.1. The fourth-order valence-corrected chi connectivity index (χ4v) is 5.34. The summed E-state index contributed by atoms with van der Waals surface area (Å²) in [6.45, 7) is 2.49. The third-order valence-electron chi connectivity index (χ3n) is 3.73. The molecule has 3 unspecified atom stereocenters. The Morgan fingerprint density at radius 2 is 1.77 bits per heavy atom. The molecule has 0 aromatic heterocycles. The number of ether oxygens (including phenoxy) is 1. The summed E-state index contributed by atoms with van der Waals surface area (Å²) in [7, 11) is -16.7. The van der Waals surface area contributed by atoms with Gasteiger partial charge in [0.1, 0.15) is 24.4 Å². The van der Waals surface area contributed by atoms with Gasteiger partial charge in [0.2, 0.25) is 0 Å². The van der Waals surface area contributed by atoms with Gasteiger partial charge in [-0.3, -0.25) is 13.4 Å². The lowest BCUT2D eigenvalue weighted by Gasteiger charge is -2.37. The topological polar surface area (TPSA) is 253 Å². The van der Waals surface area contributed by atoms with Crippen LogP contribution in [0.4, 0.5) is 4.79 Å². The number of amides is 2. The first-order chi connectivity index (χ1) is 13.5. The Hall–Kier alpha value is -0.960. The first-order valence-electron chi connectivity index (χ1n) is 7.69. The molecule has 0 saturated carbocycles. The molecule has 2 aliphatic rings. The quantitative estimate of drug-likeness (QED) is 0.276. The normalized spacial score (nSPS) is 31.7. The highest BCUT2D eigenvalue weighted by Crippen LogP contribution is 2.60. The number of carbonyl (C=O) groups excluding carboxylic acids is 1. The molecule has 0 aromatic rings. The Kier molecular flexibility index (Phi) is 7.49. The van der Waals surface area contributed by atoms with Gasteiger partial charge in [0.15, 0.2) is 0 Å². The van der Waals surface area contributed by atoms with Crippen LogP contribution in [-0.2, 0) is 31.6 Å². The molecular formula is C11H15N2O14P3-4. The number of phosphoric ester groups is 1. The number of urea groups is 1. The zero-order valence-electron chi connectivity index (χ0n) is 14.9. The van der Waals surface area contributed by atoms with Gasteiger partial charge in [0.25, 0.3) is 15.6 Å². The van der Waals surface area contributed by atoms with Crippen LogP contribution in [0.1, 0.15) is 0 Å². The number of aliphatic hydroxyl groups excluding tert-OH is 2. The fraction of sp³-hybridized carbons (Fsp3) is 0.545. The minimum atomic E-state index is -6.14. The van der Waals surface area contributed by atoms with E-state index in [-0.39, 0.29) is 11.3 Å². The molecule has 19 heteroatoms. The Morgan fingerprint density at radius 1 is 1.17 bits per heavy atom. The second-order valence-electron chi connectivity index (χ2n) is 5.98. The predicted molar refractivity (Wildman–Crippen MR) is 85.1 cm³/mol. The molecule has 0 bridgehead atoms. The Morgan fingerprint density at radius 3 is 2.33 bits per heavy atom. The van der Waals surface area contributed by atoms with Crippen LogP contribution in [0.5, 0.6) is 0 Å². The molecule has 2 heterocycles. The molecule has 0 spiro atoms. The molecule has 1 saturated heterocycles. The molecule has 6 atom stereocenters. The van der Waals surface area contributed by atoms with E-state index >= 15 is 0 Å². The second-order valence-corrected chi connectivity index (χ2v) is 10.2. The third kappa shape index (κ3) is 6.52. The molecule has 0 aromatic carbocycles. The van der Waals surface area contributed by atoms with Crippen LogP contribution in [0.15, 0.2) is 24.0 Å². The lowest BCUT2D eigenvalue weighted by atomic mass is 9.99. The van der Waals surface area contributed by atoms with Gasteiger partial charge in [-0.1, -0.05) is 6.58 Å². The second kappa shape index (κ2) is 8.88. The highest BCUT2D eigenvalue weighted by Gasteiger charge is 2.46. The van der Waals surface area contributed by atoms with Crippen molar-refractivity contribution in [3.05, 3.63) is 24.0 Å². The molecule has 16 nitrogen and oxygen atoms in total. The summed E-state index contributed by atoms with van der Waals surface area (Å²) in [4.78, 5) is 55.8. The van der Waals surface area contributed by atoms with Crippen LogP contribution in [-0.4, -0.2) is 59.2 Å². The Labute approximate surface area is 168 Å². The van der Waals surface area contributed by atoms with Crippen molar-refractivity contribution < 1.29 is 66.2 Å². The van der Waals surface area contributed by atoms with Crippen LogP contribution >= 0.6 is 23.5 Å². The number of rotatable bonds is 8. The van der Waals surface area contributed by atoms with Crippen LogP contribution in [0, 0.1) is 0 Å². The lowest BCUT2D eigenvalue weighted by Crippen LogP contribution is -2.42. The lowest BCUT2D eigenvalue weighted by molar-refractivity contribution is -0.339. The summed E-state index contributed by atoms with van der Waals surface area (Å²) in [5.41, 5.74) is 0.185. The maximum atomic E-state index is 11.5. The summed E-state index contributed by atoms with van der Waals surface area (Å²) in [5.74, 6) is 0. The molecule has 172 valence electrons. The van der Waals surface area contributed by atoms with E-state index in [0.29, 0.717) is 0 Å². The zero-order valence-corrected chi connectivity index (χ0v) is 17.6. The van der Waals surface area contributed by atoms with Gasteiger partial charge in [-0.25, -0.2) is 9.11 Å². The standard InChI is InChI=1S/C11H19N2O14P3/c1-5-6(3-13(2)11(16)12-5)10-9(15)8(14)7(25-10)4-24-29(20,21)27-30(22,23)26-28(17,18)19/h3,7-10,14-15H,1,4H2,2H3,(H,12,16)(H,20,21)(H,22,23)(H2,17,18,19)/p-4/t7-,8+,9?,10+/m1/s1. The van der Waals surface area contributed by atoms with E-state index in [4.69, 9.17) is 4.74 Å². The van der Waals surface area contributed by atoms with Gasteiger partial charge in [0, 0.05) is 24.5 Å². The average Bonchev–Trinajstić information content (AvgIpc) is 2.81. The van der Waals surface area contributed by atoms with Crippen molar-refractivity contribution >= 4 is 29.5 Å². The van der Waals surface area contributed by atoms with Gasteiger partial charge < -0.3 is 53.8 Å². The number of nitrogens with zero attached hydrogens (tertiary/aromatic N) is 1. The first-order valence-corrected chi connectivity index (χ1v) is 12.1. The van der Waals surface area contributed by atoms with E-state index in [9.17, 15) is 48.3 Å². The van der Waals surface area contributed by atoms with Crippen molar-refractivity contribution in [1.29, 1.82) is 0 Å². The van der Waals surface area contributed by atoms with E-state index in [2.05, 4.69) is 25.0 Å². The molecule has 1 fully saturated rings. The smallest absolute Gasteiger partial charge is 0.325 e. The predicted octanol–water partition coefficient (Wildman–Crippen LogP) is -3.66. The molecule has 0 aliphatic carbocycles. The summed E-state index contributed by atoms with van der Waals surface area (Å²) in [5, 5.41) is 22.6. The van der Waals surface area contributed by atoms with E-state index < -0.39 is 60.5 Å². The van der Waals surface area contributed by atoms with Gasteiger partial charge in [-0.05, 0) is 0 Å². The summed E-state index contributed by atoms with van der Waals surface area (Å²) >= 11 is 0. The minimum Gasteiger partial charge on any atom is -0.790 e. The minimum absolute atomic E-state index is 0.0397. The molecule has 2 aliphatic heterocycles. The van der Waals surface area contributed by atoms with Gasteiger partial charge in [0.05, 0.1) is 14.4 Å². The number of nitrogens with one attached hydrogen (secondary N) is 1. The third-order valence-corrected chi connectivity index (χ3v) is 7.39. The summed E-state index contributed by atoms with van der Waals surface area (Å²) in [6.07, 6.45) is -4.92. The van der Waals surface area contributed by atoms with E-state index in [1.54, 1.807) is 0 Å². The highest BCUT2D eigenvalue weighted by atomic mass is 31.3. The van der Waals surface area contributed by atoms with Crippen LogP contribution in [0.3, 0.4) is 0 Å². The van der Waals surface area contributed by atoms with Crippen molar-refractivity contribution in [3.63, 3.8) is 0 Å². The van der Waals surface area contributed by atoms with Crippen molar-refractivity contribution in [1.82, 2.24) is 10.2 Å². The fourth-order valence-electron chi connectivity index (χ4n) is 2.47. The van der Waals surface area contributed by atoms with E-state index in [1.165, 1.54) is 13.2 Å². The number of aliphatic hydroxyl groups is 2. The first kappa shape index (κ1) is 25.3. The van der Waals surface area contributed by atoms with Crippen LogP contribution < -0.4 is 24.9 Å². The van der Waals surface area contributed by atoms with Crippen molar-refractivity contribution in [2.24, 2.45) is 0 Å².